The quantitative estimate of drug-likeness (QED) is 0.557. The molecule has 0 N–H and O–H groups in total. The van der Waals surface area contributed by atoms with Gasteiger partial charge in [-0.2, -0.15) is 0 Å². The Morgan fingerprint density at radius 3 is 2.12 bits per heavy atom. The van der Waals surface area contributed by atoms with E-state index in [4.69, 9.17) is 9.47 Å². The number of carbonyl (C=O) groups excluding carboxylic acids is 2. The molecule has 2 rings (SSSR count). The Morgan fingerprint density at radius 2 is 1.60 bits per heavy atom. The Labute approximate surface area is 149 Å². The lowest BCUT2D eigenvalue weighted by Crippen LogP contribution is -2.27. The van der Waals surface area contributed by atoms with Crippen LogP contribution >= 0.6 is 0 Å². The van der Waals surface area contributed by atoms with E-state index in [2.05, 4.69) is 18.7 Å². The third kappa shape index (κ3) is 5.59. The predicted octanol–water partition coefficient (Wildman–Crippen LogP) is 3.88. The highest BCUT2D eigenvalue weighted by Gasteiger charge is 2.41. The number of carbonyl (C=O) groups is 2. The first kappa shape index (κ1) is 19.0. The minimum absolute atomic E-state index is 0.103. The zero-order valence-electron chi connectivity index (χ0n) is 14.9. The number of hydrogen-bond acceptors (Lipinski definition) is 4. The van der Waals surface area contributed by atoms with Crippen LogP contribution < -0.4 is 0 Å². The maximum atomic E-state index is 11.3. The molecule has 4 heteroatoms. The van der Waals surface area contributed by atoms with Gasteiger partial charge in [0.15, 0.2) is 0 Å². The molecule has 4 nitrogen and oxygen atoms in total. The van der Waals surface area contributed by atoms with E-state index in [0.717, 1.165) is 12.0 Å². The van der Waals surface area contributed by atoms with Gasteiger partial charge >= 0.3 is 11.9 Å². The lowest BCUT2D eigenvalue weighted by atomic mass is 9.87. The molecule has 0 amide bonds. The molecule has 1 fully saturated rings. The van der Waals surface area contributed by atoms with Gasteiger partial charge in [0.1, 0.15) is 0 Å². The van der Waals surface area contributed by atoms with Crippen molar-refractivity contribution < 1.29 is 19.1 Å². The van der Waals surface area contributed by atoms with E-state index >= 15 is 0 Å². The molecule has 2 unspecified atom stereocenters. The summed E-state index contributed by atoms with van der Waals surface area (Å²) in [6, 6.07) is 10.1. The number of ether oxygens (including phenoxy) is 2. The van der Waals surface area contributed by atoms with Gasteiger partial charge in [-0.3, -0.25) is 9.59 Å². The van der Waals surface area contributed by atoms with E-state index in [0.29, 0.717) is 13.2 Å². The highest BCUT2D eigenvalue weighted by atomic mass is 16.5. The SMILES string of the molecule is C=CC1CC(C=Cc2ccccc2)[C@H](COC(C)=O)[C@@H]1COC(C)=O. The van der Waals surface area contributed by atoms with Crippen molar-refractivity contribution >= 4 is 18.0 Å². The van der Waals surface area contributed by atoms with Crippen LogP contribution in [0.25, 0.3) is 6.08 Å². The van der Waals surface area contributed by atoms with Crippen molar-refractivity contribution in [2.24, 2.45) is 23.7 Å². The summed E-state index contributed by atoms with van der Waals surface area (Å²) in [5.74, 6) is 0.0854. The van der Waals surface area contributed by atoms with E-state index in [9.17, 15) is 9.59 Å². The Bertz CT molecular complexity index is 620. The molecule has 0 bridgehead atoms. The van der Waals surface area contributed by atoms with E-state index in [1.54, 1.807) is 0 Å². The summed E-state index contributed by atoms with van der Waals surface area (Å²) in [6.07, 6.45) is 7.10. The van der Waals surface area contributed by atoms with Crippen molar-refractivity contribution in [2.45, 2.75) is 20.3 Å². The van der Waals surface area contributed by atoms with Crippen molar-refractivity contribution in [3.8, 4) is 0 Å². The second-order valence-electron chi connectivity index (χ2n) is 6.50. The summed E-state index contributed by atoms with van der Waals surface area (Å²) in [5, 5.41) is 0. The average molecular weight is 342 g/mol. The van der Waals surface area contributed by atoms with Crippen LogP contribution in [0.3, 0.4) is 0 Å². The molecule has 1 aromatic carbocycles. The predicted molar refractivity (Wildman–Crippen MR) is 97.5 cm³/mol. The number of allylic oxidation sites excluding steroid dienone is 2. The van der Waals surface area contributed by atoms with Crippen LogP contribution in [0.4, 0.5) is 0 Å². The molecule has 1 aliphatic carbocycles. The largest absolute Gasteiger partial charge is 0.466 e. The lowest BCUT2D eigenvalue weighted by molar-refractivity contribution is -0.147. The Morgan fingerprint density at radius 1 is 1.04 bits per heavy atom. The molecule has 25 heavy (non-hydrogen) atoms. The molecule has 1 saturated carbocycles. The van der Waals surface area contributed by atoms with Gasteiger partial charge in [0.05, 0.1) is 13.2 Å². The van der Waals surface area contributed by atoms with Crippen molar-refractivity contribution in [1.29, 1.82) is 0 Å². The monoisotopic (exact) mass is 342 g/mol. The van der Waals surface area contributed by atoms with E-state index in [1.165, 1.54) is 13.8 Å². The molecule has 134 valence electrons. The molecule has 0 aliphatic heterocycles. The maximum Gasteiger partial charge on any atom is 0.302 e. The van der Waals surface area contributed by atoms with Crippen LogP contribution in [0, 0.1) is 23.7 Å². The highest BCUT2D eigenvalue weighted by Crippen LogP contribution is 2.43. The Kier molecular flexibility index (Phi) is 6.99. The number of hydrogen-bond donors (Lipinski definition) is 0. The summed E-state index contributed by atoms with van der Waals surface area (Å²) in [6.45, 7) is 7.41. The molecule has 1 aliphatic rings. The molecule has 0 spiro atoms. The van der Waals surface area contributed by atoms with Crippen molar-refractivity contribution in [3.63, 3.8) is 0 Å². The second-order valence-corrected chi connectivity index (χ2v) is 6.50. The molecular formula is C21H26O4. The van der Waals surface area contributed by atoms with Gasteiger partial charge in [0.2, 0.25) is 0 Å². The molecule has 0 aromatic heterocycles. The van der Waals surface area contributed by atoms with Crippen molar-refractivity contribution in [1.82, 2.24) is 0 Å². The van der Waals surface area contributed by atoms with E-state index < -0.39 is 0 Å². The summed E-state index contributed by atoms with van der Waals surface area (Å²) in [4.78, 5) is 22.5. The molecule has 1 aromatic rings. The topological polar surface area (TPSA) is 52.6 Å². The first-order valence-electron chi connectivity index (χ1n) is 8.63. The fourth-order valence-corrected chi connectivity index (χ4v) is 3.51. The zero-order valence-corrected chi connectivity index (χ0v) is 14.9. The fraction of sp³-hybridized carbons (Fsp3) is 0.429. The third-order valence-electron chi connectivity index (χ3n) is 4.79. The first-order chi connectivity index (χ1) is 12.0. The summed E-state index contributed by atoms with van der Waals surface area (Å²) >= 11 is 0. The lowest BCUT2D eigenvalue weighted by Gasteiger charge is -2.24. The normalized spacial score (nSPS) is 25.7. The van der Waals surface area contributed by atoms with E-state index in [-0.39, 0.29) is 35.6 Å². The van der Waals surface area contributed by atoms with Crippen LogP contribution in [-0.4, -0.2) is 25.2 Å². The van der Waals surface area contributed by atoms with Gasteiger partial charge in [0.25, 0.3) is 0 Å². The zero-order chi connectivity index (χ0) is 18.2. The molecule has 0 heterocycles. The maximum absolute atomic E-state index is 11.3. The number of benzene rings is 1. The van der Waals surface area contributed by atoms with Crippen LogP contribution in [-0.2, 0) is 19.1 Å². The first-order valence-corrected chi connectivity index (χ1v) is 8.63. The standard InChI is InChI=1S/C21H26O4/c1-4-18-12-19(11-10-17-8-6-5-7-9-17)21(14-25-16(3)23)20(18)13-24-15(2)22/h4-11,18-21H,1,12-14H2,2-3H3/t18?,19?,20-,21+/m1/s1. The molecular weight excluding hydrogens is 316 g/mol. The molecule has 0 radical (unpaired) electrons. The van der Waals surface area contributed by atoms with Crippen LogP contribution in [0.5, 0.6) is 0 Å². The van der Waals surface area contributed by atoms with Crippen LogP contribution in [0.15, 0.2) is 49.1 Å². The molecule has 0 saturated heterocycles. The summed E-state index contributed by atoms with van der Waals surface area (Å²) in [7, 11) is 0. The number of esters is 2. The Balaban J connectivity index is 2.16. The van der Waals surface area contributed by atoms with Crippen LogP contribution in [0.2, 0.25) is 0 Å². The Hall–Kier alpha value is -2.36. The van der Waals surface area contributed by atoms with Gasteiger partial charge in [0, 0.05) is 25.7 Å². The van der Waals surface area contributed by atoms with E-state index in [1.807, 2.05) is 36.4 Å². The van der Waals surface area contributed by atoms with Gasteiger partial charge < -0.3 is 9.47 Å². The van der Waals surface area contributed by atoms with Gasteiger partial charge in [-0.25, -0.2) is 0 Å². The van der Waals surface area contributed by atoms with Gasteiger partial charge in [-0.15, -0.1) is 6.58 Å². The fourth-order valence-electron chi connectivity index (χ4n) is 3.51. The smallest absolute Gasteiger partial charge is 0.302 e. The van der Waals surface area contributed by atoms with Crippen LogP contribution in [0.1, 0.15) is 25.8 Å². The minimum Gasteiger partial charge on any atom is -0.466 e. The van der Waals surface area contributed by atoms with Gasteiger partial charge in [-0.05, 0) is 23.8 Å². The molecule has 4 atom stereocenters. The minimum atomic E-state index is -0.294. The highest BCUT2D eigenvalue weighted by molar-refractivity contribution is 5.66. The van der Waals surface area contributed by atoms with Gasteiger partial charge in [-0.1, -0.05) is 48.6 Å². The average Bonchev–Trinajstić information content (AvgIpc) is 2.93. The number of rotatable bonds is 7. The van der Waals surface area contributed by atoms with Crippen molar-refractivity contribution in [2.75, 3.05) is 13.2 Å². The summed E-state index contributed by atoms with van der Waals surface area (Å²) in [5.41, 5.74) is 1.13. The third-order valence-corrected chi connectivity index (χ3v) is 4.79. The second kappa shape index (κ2) is 9.21. The summed E-state index contributed by atoms with van der Waals surface area (Å²) < 4.78 is 10.5. The van der Waals surface area contributed by atoms with Crippen molar-refractivity contribution in [3.05, 3.63) is 54.6 Å².